The summed E-state index contributed by atoms with van der Waals surface area (Å²) in [7, 11) is 1.63. The van der Waals surface area contributed by atoms with Crippen LogP contribution in [0.15, 0.2) is 54.9 Å². The lowest BCUT2D eigenvalue weighted by Gasteiger charge is -2.21. The van der Waals surface area contributed by atoms with Crippen LogP contribution < -0.4 is 10.2 Å². The number of hydrogen-bond acceptors (Lipinski definition) is 4. The van der Waals surface area contributed by atoms with Crippen LogP contribution in [0.2, 0.25) is 0 Å². The molecule has 2 atom stereocenters. The Morgan fingerprint density at radius 1 is 1.23 bits per heavy atom. The summed E-state index contributed by atoms with van der Waals surface area (Å²) in [6.45, 7) is 2.31. The van der Waals surface area contributed by atoms with Crippen molar-refractivity contribution in [3.63, 3.8) is 0 Å². The van der Waals surface area contributed by atoms with Crippen LogP contribution in [-0.2, 0) is 11.3 Å². The van der Waals surface area contributed by atoms with E-state index in [9.17, 15) is 14.0 Å². The van der Waals surface area contributed by atoms with Crippen molar-refractivity contribution >= 4 is 17.6 Å². The maximum absolute atomic E-state index is 14.4. The van der Waals surface area contributed by atoms with E-state index in [2.05, 4.69) is 15.4 Å². The number of aromatic nitrogens is 3. The molecule has 154 valence electrons. The van der Waals surface area contributed by atoms with Gasteiger partial charge in [-0.2, -0.15) is 5.10 Å². The molecule has 0 fully saturated rings. The molecule has 1 aromatic carbocycles. The van der Waals surface area contributed by atoms with Gasteiger partial charge >= 0.3 is 0 Å². The number of carbonyl (C=O) groups is 2. The smallest absolute Gasteiger partial charge is 0.275 e. The molecule has 0 aliphatic carbocycles. The zero-order chi connectivity index (χ0) is 21.3. The fourth-order valence-corrected chi connectivity index (χ4v) is 3.74. The molecular weight excluding hydrogens is 385 g/mol. The van der Waals surface area contributed by atoms with Crippen LogP contribution in [0.1, 0.15) is 40.9 Å². The number of benzene rings is 1. The molecule has 3 heterocycles. The van der Waals surface area contributed by atoms with Crippen LogP contribution in [0.5, 0.6) is 0 Å². The van der Waals surface area contributed by atoms with Crippen LogP contribution >= 0.6 is 0 Å². The number of likely N-dealkylation sites (N-methyl/N-ethyl adjacent to an activating group) is 1. The molecule has 7 nitrogen and oxygen atoms in total. The predicted molar refractivity (Wildman–Crippen MR) is 110 cm³/mol. The monoisotopic (exact) mass is 407 g/mol. The van der Waals surface area contributed by atoms with Crippen LogP contribution in [0, 0.1) is 5.82 Å². The number of hydrogen-bond donors (Lipinski definition) is 1. The molecule has 4 rings (SSSR count). The quantitative estimate of drug-likeness (QED) is 0.721. The number of halogens is 1. The summed E-state index contributed by atoms with van der Waals surface area (Å²) in [5.41, 5.74) is 1.55. The van der Waals surface area contributed by atoms with E-state index in [1.54, 1.807) is 13.2 Å². The van der Waals surface area contributed by atoms with Crippen LogP contribution in [0.4, 0.5) is 10.2 Å². The average molecular weight is 407 g/mol. The third kappa shape index (κ3) is 3.80. The third-order valence-corrected chi connectivity index (χ3v) is 5.31. The number of anilines is 1. The Bertz CT molecular complexity index is 1080. The normalized spacial score (nSPS) is 18.6. The number of rotatable bonds is 4. The van der Waals surface area contributed by atoms with E-state index < -0.39 is 17.8 Å². The van der Waals surface area contributed by atoms with E-state index in [0.29, 0.717) is 18.8 Å². The standard InChI is InChI=1S/C22H22FN5O2/c1-14-11-18(22(30)27(2)20-16(14)9-6-10-24-20)25-21(29)19-17(23)13-28(26-19)12-15-7-4-3-5-8-15/h3-10,13-14,18H,11-12H2,1-2H3,(H,25,29)/t14-,18+/m0/s1. The first kappa shape index (κ1) is 19.8. The molecule has 30 heavy (non-hydrogen) atoms. The Hall–Kier alpha value is -3.55. The molecule has 8 heteroatoms. The second-order valence-electron chi connectivity index (χ2n) is 7.49. The van der Waals surface area contributed by atoms with E-state index in [-0.39, 0.29) is 17.5 Å². The molecule has 2 amide bonds. The minimum atomic E-state index is -0.801. The van der Waals surface area contributed by atoms with E-state index in [0.717, 1.165) is 11.1 Å². The summed E-state index contributed by atoms with van der Waals surface area (Å²) >= 11 is 0. The van der Waals surface area contributed by atoms with E-state index >= 15 is 0 Å². The van der Waals surface area contributed by atoms with Gasteiger partial charge in [0.1, 0.15) is 11.9 Å². The Morgan fingerprint density at radius 2 is 2.00 bits per heavy atom. The Labute approximate surface area is 173 Å². The largest absolute Gasteiger partial charge is 0.339 e. The van der Waals surface area contributed by atoms with Crippen molar-refractivity contribution in [1.29, 1.82) is 0 Å². The van der Waals surface area contributed by atoms with Gasteiger partial charge in [-0.05, 0) is 29.5 Å². The van der Waals surface area contributed by atoms with Crippen molar-refractivity contribution in [3.8, 4) is 0 Å². The molecule has 0 saturated carbocycles. The summed E-state index contributed by atoms with van der Waals surface area (Å²) in [6, 6.07) is 12.4. The minimum absolute atomic E-state index is 0.00613. The van der Waals surface area contributed by atoms with Crippen molar-refractivity contribution in [2.75, 3.05) is 11.9 Å². The Morgan fingerprint density at radius 3 is 2.77 bits per heavy atom. The van der Waals surface area contributed by atoms with Gasteiger partial charge in [-0.1, -0.05) is 43.3 Å². The first-order valence-electron chi connectivity index (χ1n) is 9.74. The van der Waals surface area contributed by atoms with Gasteiger partial charge in [0, 0.05) is 13.2 Å². The van der Waals surface area contributed by atoms with Gasteiger partial charge in [0.25, 0.3) is 5.91 Å². The molecule has 1 aliphatic rings. The maximum atomic E-state index is 14.4. The number of pyridine rings is 1. The molecule has 0 saturated heterocycles. The highest BCUT2D eigenvalue weighted by atomic mass is 19.1. The summed E-state index contributed by atoms with van der Waals surface area (Å²) in [4.78, 5) is 31.4. The second kappa shape index (κ2) is 8.06. The fourth-order valence-electron chi connectivity index (χ4n) is 3.74. The van der Waals surface area contributed by atoms with Crippen molar-refractivity contribution in [1.82, 2.24) is 20.1 Å². The first-order valence-corrected chi connectivity index (χ1v) is 9.74. The fraction of sp³-hybridized carbons (Fsp3) is 0.273. The summed E-state index contributed by atoms with van der Waals surface area (Å²) in [5, 5.41) is 6.75. The lowest BCUT2D eigenvalue weighted by Crippen LogP contribution is -2.47. The van der Waals surface area contributed by atoms with Gasteiger partial charge in [-0.3, -0.25) is 19.2 Å². The Balaban J connectivity index is 1.52. The molecular formula is C22H22FN5O2. The van der Waals surface area contributed by atoms with Gasteiger partial charge < -0.3 is 5.32 Å². The first-order chi connectivity index (χ1) is 14.4. The molecule has 0 radical (unpaired) electrons. The van der Waals surface area contributed by atoms with Crippen molar-refractivity contribution in [2.24, 2.45) is 0 Å². The summed E-state index contributed by atoms with van der Waals surface area (Å²) < 4.78 is 15.8. The SMILES string of the molecule is C[C@H]1C[C@@H](NC(=O)c2nn(Cc3ccccc3)cc2F)C(=O)N(C)c2ncccc21. The molecule has 1 N–H and O–H groups in total. The highest BCUT2D eigenvalue weighted by molar-refractivity contribution is 6.02. The number of carbonyl (C=O) groups excluding carboxylic acids is 2. The summed E-state index contributed by atoms with van der Waals surface area (Å²) in [5.74, 6) is -1.16. The highest BCUT2D eigenvalue weighted by Gasteiger charge is 2.34. The van der Waals surface area contributed by atoms with E-state index in [1.165, 1.54) is 15.8 Å². The lowest BCUT2D eigenvalue weighted by molar-refractivity contribution is -0.120. The number of fused-ring (bicyclic) bond motifs is 1. The van der Waals surface area contributed by atoms with Gasteiger partial charge in [0.05, 0.1) is 12.7 Å². The molecule has 0 unspecified atom stereocenters. The van der Waals surface area contributed by atoms with E-state index in [4.69, 9.17) is 0 Å². The molecule has 2 aromatic heterocycles. The van der Waals surface area contributed by atoms with Crippen molar-refractivity contribution in [2.45, 2.75) is 31.8 Å². The zero-order valence-electron chi connectivity index (χ0n) is 16.7. The van der Waals surface area contributed by atoms with Crippen molar-refractivity contribution < 1.29 is 14.0 Å². The van der Waals surface area contributed by atoms with E-state index in [1.807, 2.05) is 49.4 Å². The molecule has 3 aromatic rings. The number of nitrogens with one attached hydrogen (secondary N) is 1. The average Bonchev–Trinajstić information content (AvgIpc) is 3.09. The topological polar surface area (TPSA) is 80.1 Å². The van der Waals surface area contributed by atoms with Gasteiger partial charge in [0.15, 0.2) is 11.5 Å². The second-order valence-corrected chi connectivity index (χ2v) is 7.49. The maximum Gasteiger partial charge on any atom is 0.275 e. The molecule has 0 bridgehead atoms. The zero-order valence-corrected chi connectivity index (χ0v) is 16.7. The van der Waals surface area contributed by atoms with Crippen molar-refractivity contribution in [3.05, 3.63) is 77.5 Å². The van der Waals surface area contributed by atoms with Crippen LogP contribution in [0.3, 0.4) is 0 Å². The molecule has 1 aliphatic heterocycles. The lowest BCUT2D eigenvalue weighted by atomic mass is 9.95. The van der Waals surface area contributed by atoms with Crippen LogP contribution in [-0.4, -0.2) is 39.7 Å². The van der Waals surface area contributed by atoms with Gasteiger partial charge in [-0.25, -0.2) is 9.37 Å². The van der Waals surface area contributed by atoms with Gasteiger partial charge in [-0.15, -0.1) is 0 Å². The molecule has 0 spiro atoms. The highest BCUT2D eigenvalue weighted by Crippen LogP contribution is 2.32. The summed E-state index contributed by atoms with van der Waals surface area (Å²) in [6.07, 6.45) is 3.20. The number of amides is 2. The predicted octanol–water partition coefficient (Wildman–Crippen LogP) is 2.73. The number of nitrogens with zero attached hydrogens (tertiary/aromatic N) is 4. The Kier molecular flexibility index (Phi) is 5.31. The van der Waals surface area contributed by atoms with Crippen LogP contribution in [0.25, 0.3) is 0 Å². The third-order valence-electron chi connectivity index (χ3n) is 5.31. The minimum Gasteiger partial charge on any atom is -0.339 e. The van der Waals surface area contributed by atoms with Gasteiger partial charge in [0.2, 0.25) is 5.91 Å².